The standard InChI is InChI=1S/C11H16N2O4/c1-3-6(2)10(12)7-4-8(13(16)17)11(15)9(14)5-7/h4-6,10,14-15H,3,12H2,1-2H3/t6?,10-/m0/s1. The number of benzene rings is 1. The average molecular weight is 240 g/mol. The van der Waals surface area contributed by atoms with Crippen LogP contribution in [0.2, 0.25) is 0 Å². The van der Waals surface area contributed by atoms with Crippen molar-refractivity contribution in [3.63, 3.8) is 0 Å². The molecule has 1 rings (SSSR count). The van der Waals surface area contributed by atoms with Crippen LogP contribution in [0, 0.1) is 16.0 Å². The second-order valence-electron chi connectivity index (χ2n) is 4.08. The van der Waals surface area contributed by atoms with Gasteiger partial charge in [0, 0.05) is 12.1 Å². The van der Waals surface area contributed by atoms with Gasteiger partial charge in [0.25, 0.3) is 0 Å². The van der Waals surface area contributed by atoms with Gasteiger partial charge < -0.3 is 15.9 Å². The number of hydrogen-bond acceptors (Lipinski definition) is 5. The van der Waals surface area contributed by atoms with Gasteiger partial charge in [0.1, 0.15) is 0 Å². The van der Waals surface area contributed by atoms with Crippen LogP contribution >= 0.6 is 0 Å². The molecule has 94 valence electrons. The van der Waals surface area contributed by atoms with Crippen LogP contribution < -0.4 is 5.73 Å². The monoisotopic (exact) mass is 240 g/mol. The summed E-state index contributed by atoms with van der Waals surface area (Å²) >= 11 is 0. The fourth-order valence-corrected chi connectivity index (χ4v) is 1.54. The van der Waals surface area contributed by atoms with Crippen molar-refractivity contribution in [2.24, 2.45) is 11.7 Å². The molecule has 0 aliphatic heterocycles. The first kappa shape index (κ1) is 13.2. The van der Waals surface area contributed by atoms with Crippen molar-refractivity contribution in [3.05, 3.63) is 27.8 Å². The topological polar surface area (TPSA) is 110 Å². The van der Waals surface area contributed by atoms with Gasteiger partial charge in [-0.15, -0.1) is 0 Å². The van der Waals surface area contributed by atoms with Crippen molar-refractivity contribution < 1.29 is 15.1 Å². The zero-order chi connectivity index (χ0) is 13.2. The number of nitrogens with two attached hydrogens (primary N) is 1. The third-order valence-corrected chi connectivity index (χ3v) is 2.93. The highest BCUT2D eigenvalue weighted by Gasteiger charge is 2.22. The maximum atomic E-state index is 10.7. The van der Waals surface area contributed by atoms with E-state index in [9.17, 15) is 20.3 Å². The fourth-order valence-electron chi connectivity index (χ4n) is 1.54. The van der Waals surface area contributed by atoms with Gasteiger partial charge in [0.2, 0.25) is 5.75 Å². The van der Waals surface area contributed by atoms with Crippen LogP contribution in [0.1, 0.15) is 31.9 Å². The molecule has 4 N–H and O–H groups in total. The van der Waals surface area contributed by atoms with Crippen molar-refractivity contribution in [3.8, 4) is 11.5 Å². The molecule has 0 saturated carbocycles. The van der Waals surface area contributed by atoms with E-state index in [0.717, 1.165) is 6.42 Å². The third-order valence-electron chi connectivity index (χ3n) is 2.93. The SMILES string of the molecule is CCC(C)[C@H](N)c1cc(O)c(O)c([N+](=O)[O-])c1. The molecular formula is C11H16N2O4. The Bertz CT molecular complexity index is 434. The molecule has 0 aromatic heterocycles. The summed E-state index contributed by atoms with van der Waals surface area (Å²) in [5.41, 5.74) is 5.84. The second-order valence-corrected chi connectivity index (χ2v) is 4.08. The van der Waals surface area contributed by atoms with Crippen molar-refractivity contribution in [1.82, 2.24) is 0 Å². The summed E-state index contributed by atoms with van der Waals surface area (Å²) in [6, 6.07) is 2.05. The van der Waals surface area contributed by atoms with Crippen molar-refractivity contribution in [2.45, 2.75) is 26.3 Å². The molecule has 1 aromatic rings. The van der Waals surface area contributed by atoms with Gasteiger partial charge in [-0.25, -0.2) is 0 Å². The van der Waals surface area contributed by atoms with Crippen molar-refractivity contribution in [1.29, 1.82) is 0 Å². The molecule has 0 heterocycles. The first-order valence-corrected chi connectivity index (χ1v) is 5.34. The van der Waals surface area contributed by atoms with Gasteiger partial charge in [-0.2, -0.15) is 0 Å². The molecule has 0 fully saturated rings. The maximum absolute atomic E-state index is 10.7. The van der Waals surface area contributed by atoms with Gasteiger partial charge in [-0.05, 0) is 17.5 Å². The molecule has 6 nitrogen and oxygen atoms in total. The fraction of sp³-hybridized carbons (Fsp3) is 0.455. The van der Waals surface area contributed by atoms with Crippen LogP contribution in [0.3, 0.4) is 0 Å². The summed E-state index contributed by atoms with van der Waals surface area (Å²) in [4.78, 5) is 9.93. The Labute approximate surface area is 98.8 Å². The minimum Gasteiger partial charge on any atom is -0.504 e. The Morgan fingerprint density at radius 1 is 1.47 bits per heavy atom. The lowest BCUT2D eigenvalue weighted by Gasteiger charge is -2.18. The van der Waals surface area contributed by atoms with E-state index in [1.54, 1.807) is 0 Å². The van der Waals surface area contributed by atoms with Gasteiger partial charge >= 0.3 is 5.69 Å². The molecule has 0 saturated heterocycles. The number of rotatable bonds is 4. The van der Waals surface area contributed by atoms with Crippen molar-refractivity contribution in [2.75, 3.05) is 0 Å². The number of phenolic OH excluding ortho intramolecular Hbond substituents is 2. The Kier molecular flexibility index (Phi) is 3.90. The van der Waals surface area contributed by atoms with E-state index < -0.39 is 28.2 Å². The number of phenols is 2. The van der Waals surface area contributed by atoms with Gasteiger partial charge in [0.05, 0.1) is 4.92 Å². The molecule has 0 radical (unpaired) electrons. The number of nitrogens with zero attached hydrogens (tertiary/aromatic N) is 1. The quantitative estimate of drug-likeness (QED) is 0.424. The van der Waals surface area contributed by atoms with E-state index in [4.69, 9.17) is 5.73 Å². The molecule has 6 heteroatoms. The summed E-state index contributed by atoms with van der Waals surface area (Å²) in [6.45, 7) is 3.87. The average Bonchev–Trinajstić information content (AvgIpc) is 2.30. The molecule has 2 atom stereocenters. The number of aromatic hydroxyl groups is 2. The highest BCUT2D eigenvalue weighted by molar-refractivity contribution is 5.57. The van der Waals surface area contributed by atoms with Crippen LogP contribution in [0.4, 0.5) is 5.69 Å². The van der Waals surface area contributed by atoms with Gasteiger partial charge in [-0.3, -0.25) is 10.1 Å². The normalized spacial score (nSPS) is 14.3. The molecule has 0 spiro atoms. The maximum Gasteiger partial charge on any atom is 0.314 e. The third kappa shape index (κ3) is 2.65. The van der Waals surface area contributed by atoms with Crippen LogP contribution in [0.15, 0.2) is 12.1 Å². The summed E-state index contributed by atoms with van der Waals surface area (Å²) in [6.07, 6.45) is 0.816. The highest BCUT2D eigenvalue weighted by Crippen LogP contribution is 2.38. The summed E-state index contributed by atoms with van der Waals surface area (Å²) in [5.74, 6) is -1.12. The molecule has 0 bridgehead atoms. The first-order valence-electron chi connectivity index (χ1n) is 5.34. The highest BCUT2D eigenvalue weighted by atomic mass is 16.6. The Hall–Kier alpha value is -1.82. The van der Waals surface area contributed by atoms with Crippen molar-refractivity contribution >= 4 is 5.69 Å². The first-order chi connectivity index (χ1) is 7.88. The molecule has 1 unspecified atom stereocenters. The van der Waals surface area contributed by atoms with E-state index >= 15 is 0 Å². The van der Waals surface area contributed by atoms with E-state index in [1.165, 1.54) is 12.1 Å². The minimum atomic E-state index is -0.748. The largest absolute Gasteiger partial charge is 0.504 e. The predicted octanol–water partition coefficient (Wildman–Crippen LogP) is 2.05. The van der Waals surface area contributed by atoms with Gasteiger partial charge in [-0.1, -0.05) is 20.3 Å². The molecular weight excluding hydrogens is 224 g/mol. The lowest BCUT2D eigenvalue weighted by Crippen LogP contribution is -2.18. The van der Waals surface area contributed by atoms with E-state index in [-0.39, 0.29) is 5.92 Å². The van der Waals surface area contributed by atoms with E-state index in [0.29, 0.717) is 5.56 Å². The number of nitro benzene ring substituents is 1. The van der Waals surface area contributed by atoms with Crippen LogP contribution in [-0.4, -0.2) is 15.1 Å². The molecule has 0 amide bonds. The Morgan fingerprint density at radius 3 is 2.53 bits per heavy atom. The summed E-state index contributed by atoms with van der Waals surface area (Å²) in [5, 5.41) is 29.4. The Balaban J connectivity index is 3.23. The smallest absolute Gasteiger partial charge is 0.314 e. The summed E-state index contributed by atoms with van der Waals surface area (Å²) in [7, 11) is 0. The number of nitro groups is 1. The lowest BCUT2D eigenvalue weighted by molar-refractivity contribution is -0.386. The van der Waals surface area contributed by atoms with Crippen LogP contribution in [-0.2, 0) is 0 Å². The molecule has 0 aliphatic rings. The Morgan fingerprint density at radius 2 is 2.06 bits per heavy atom. The predicted molar refractivity (Wildman–Crippen MR) is 62.8 cm³/mol. The summed E-state index contributed by atoms with van der Waals surface area (Å²) < 4.78 is 0. The van der Waals surface area contributed by atoms with Crippen LogP contribution in [0.5, 0.6) is 11.5 Å². The van der Waals surface area contributed by atoms with E-state index in [1.807, 2.05) is 13.8 Å². The van der Waals surface area contributed by atoms with E-state index in [2.05, 4.69) is 0 Å². The zero-order valence-corrected chi connectivity index (χ0v) is 9.75. The van der Waals surface area contributed by atoms with Gasteiger partial charge in [0.15, 0.2) is 5.75 Å². The number of hydrogen-bond donors (Lipinski definition) is 3. The molecule has 0 aliphatic carbocycles. The van der Waals surface area contributed by atoms with Crippen LogP contribution in [0.25, 0.3) is 0 Å². The second kappa shape index (κ2) is 5.01. The molecule has 1 aromatic carbocycles. The molecule has 17 heavy (non-hydrogen) atoms. The minimum absolute atomic E-state index is 0.124. The zero-order valence-electron chi connectivity index (χ0n) is 9.75. The lowest BCUT2D eigenvalue weighted by atomic mass is 9.93.